The van der Waals surface area contributed by atoms with Gasteiger partial charge in [0.1, 0.15) is 0 Å². The lowest BCUT2D eigenvalue weighted by molar-refractivity contribution is 0.663. The van der Waals surface area contributed by atoms with Crippen LogP contribution in [-0.2, 0) is 6.54 Å². The Kier molecular flexibility index (Phi) is 2.55. The average molecular weight is 218 g/mol. The van der Waals surface area contributed by atoms with Crippen LogP contribution in [0.15, 0.2) is 17.2 Å². The second-order valence-corrected chi connectivity index (χ2v) is 3.29. The number of unbranched alkanes of at least 4 members (excludes halogenated alkanes) is 1. The summed E-state index contributed by atoms with van der Waals surface area (Å²) in [4.78, 5) is 18.9. The van der Waals surface area contributed by atoms with Gasteiger partial charge in [-0.2, -0.15) is 15.2 Å². The Morgan fingerprint density at radius 2 is 2.25 bits per heavy atom. The number of anilines is 1. The molecule has 2 aromatic rings. The number of nitrogens with two attached hydrogens (primary N) is 1. The Hall–Kier alpha value is -2.36. The molecular weight excluding hydrogens is 208 g/mol. The van der Waals surface area contributed by atoms with E-state index in [4.69, 9.17) is 11.0 Å². The van der Waals surface area contributed by atoms with Gasteiger partial charge in [0, 0.05) is 25.4 Å². The molecule has 0 aliphatic heterocycles. The van der Waals surface area contributed by atoms with Crippen LogP contribution in [0.3, 0.4) is 0 Å². The Labute approximate surface area is 90.8 Å². The fourth-order valence-electron chi connectivity index (χ4n) is 1.47. The average Bonchev–Trinajstić information content (AvgIpc) is 2.62. The molecular formula is C9H10N6O. The number of rotatable bonds is 3. The molecule has 0 bridgehead atoms. The van der Waals surface area contributed by atoms with E-state index >= 15 is 0 Å². The number of nitriles is 1. The van der Waals surface area contributed by atoms with Crippen molar-refractivity contribution in [1.82, 2.24) is 18.9 Å². The van der Waals surface area contributed by atoms with Crippen molar-refractivity contribution < 1.29 is 0 Å². The van der Waals surface area contributed by atoms with Crippen molar-refractivity contribution >= 4 is 11.7 Å². The monoisotopic (exact) mass is 218 g/mol. The van der Waals surface area contributed by atoms with Gasteiger partial charge in [-0.05, 0) is 6.42 Å². The minimum atomic E-state index is -0.443. The number of hydrogen-bond acceptors (Lipinski definition) is 5. The van der Waals surface area contributed by atoms with E-state index in [1.54, 1.807) is 17.0 Å². The maximum absolute atomic E-state index is 11.4. The topological polar surface area (TPSA) is 102 Å². The fourth-order valence-corrected chi connectivity index (χ4v) is 1.47. The van der Waals surface area contributed by atoms with E-state index in [1.807, 2.05) is 0 Å². The molecule has 82 valence electrons. The Morgan fingerprint density at radius 3 is 3.00 bits per heavy atom. The standard InChI is InChI=1S/C9H10N6O/c10-3-1-2-4-14-5-6-15-8(14)12-7(11)13-9(15)16/h5-6H,1-2,4H2,(H2,11,13,16). The minimum absolute atomic E-state index is 0.0368. The normalized spacial score (nSPS) is 10.4. The van der Waals surface area contributed by atoms with Crippen LogP contribution in [0.2, 0.25) is 0 Å². The lowest BCUT2D eigenvalue weighted by atomic mass is 10.3. The first-order valence-corrected chi connectivity index (χ1v) is 4.80. The number of nitrogen functional groups attached to an aromatic ring is 1. The number of nitrogens with zero attached hydrogens (tertiary/aromatic N) is 5. The molecule has 0 saturated heterocycles. The molecule has 0 aliphatic rings. The first-order chi connectivity index (χ1) is 7.72. The van der Waals surface area contributed by atoms with Gasteiger partial charge in [-0.25, -0.2) is 9.20 Å². The van der Waals surface area contributed by atoms with Gasteiger partial charge in [0.2, 0.25) is 11.7 Å². The zero-order valence-electron chi connectivity index (χ0n) is 8.50. The summed E-state index contributed by atoms with van der Waals surface area (Å²) < 4.78 is 3.10. The maximum atomic E-state index is 11.4. The first kappa shape index (κ1) is 10.2. The minimum Gasteiger partial charge on any atom is -0.368 e. The summed E-state index contributed by atoms with van der Waals surface area (Å²) in [5.41, 5.74) is 4.96. The molecule has 0 unspecified atom stereocenters. The number of aromatic nitrogens is 4. The van der Waals surface area contributed by atoms with Crippen molar-refractivity contribution in [2.75, 3.05) is 5.73 Å². The molecule has 0 radical (unpaired) electrons. The molecule has 2 heterocycles. The van der Waals surface area contributed by atoms with Gasteiger partial charge in [0.25, 0.3) is 0 Å². The Balaban J connectivity index is 2.41. The first-order valence-electron chi connectivity index (χ1n) is 4.80. The van der Waals surface area contributed by atoms with Gasteiger partial charge >= 0.3 is 5.69 Å². The van der Waals surface area contributed by atoms with E-state index in [-0.39, 0.29) is 5.95 Å². The lowest BCUT2D eigenvalue weighted by Crippen LogP contribution is -2.19. The summed E-state index contributed by atoms with van der Waals surface area (Å²) in [6.45, 7) is 0.625. The van der Waals surface area contributed by atoms with Crippen LogP contribution in [0.4, 0.5) is 5.95 Å². The number of hydrogen-bond donors (Lipinski definition) is 1. The lowest BCUT2D eigenvalue weighted by Gasteiger charge is -2.01. The zero-order valence-corrected chi connectivity index (χ0v) is 8.50. The van der Waals surface area contributed by atoms with Crippen LogP contribution in [0.5, 0.6) is 0 Å². The third-order valence-electron chi connectivity index (χ3n) is 2.19. The molecule has 16 heavy (non-hydrogen) atoms. The van der Waals surface area contributed by atoms with Crippen LogP contribution in [-0.4, -0.2) is 18.9 Å². The highest BCUT2D eigenvalue weighted by molar-refractivity contribution is 5.34. The Morgan fingerprint density at radius 1 is 1.44 bits per heavy atom. The molecule has 0 atom stereocenters. The third kappa shape index (κ3) is 1.72. The maximum Gasteiger partial charge on any atom is 0.357 e. The zero-order chi connectivity index (χ0) is 11.5. The highest BCUT2D eigenvalue weighted by Gasteiger charge is 2.05. The quantitative estimate of drug-likeness (QED) is 0.717. The van der Waals surface area contributed by atoms with Crippen LogP contribution in [0.1, 0.15) is 12.8 Å². The third-order valence-corrected chi connectivity index (χ3v) is 2.19. The highest BCUT2D eigenvalue weighted by Crippen LogP contribution is 2.03. The Bertz CT molecular complexity index is 604. The van der Waals surface area contributed by atoms with Crippen LogP contribution >= 0.6 is 0 Å². The molecule has 0 fully saturated rings. The molecule has 0 aliphatic carbocycles. The summed E-state index contributed by atoms with van der Waals surface area (Å²) >= 11 is 0. The molecule has 2 rings (SSSR count). The number of fused-ring (bicyclic) bond motifs is 1. The van der Waals surface area contributed by atoms with Gasteiger partial charge in [0.15, 0.2) is 0 Å². The molecule has 0 saturated carbocycles. The van der Waals surface area contributed by atoms with Gasteiger partial charge in [-0.15, -0.1) is 0 Å². The number of imidazole rings is 1. The van der Waals surface area contributed by atoms with E-state index in [9.17, 15) is 4.79 Å². The SMILES string of the molecule is N#CCCCn1ccn2c(=O)nc(N)nc12. The molecule has 0 aromatic carbocycles. The van der Waals surface area contributed by atoms with Gasteiger partial charge in [-0.3, -0.25) is 0 Å². The summed E-state index contributed by atoms with van der Waals surface area (Å²) in [5, 5.41) is 8.44. The predicted octanol–water partition coefficient (Wildman–Crippen LogP) is -0.223. The molecule has 7 nitrogen and oxygen atoms in total. The molecule has 7 heteroatoms. The molecule has 0 amide bonds. The van der Waals surface area contributed by atoms with Gasteiger partial charge < -0.3 is 10.3 Å². The smallest absolute Gasteiger partial charge is 0.357 e. The van der Waals surface area contributed by atoms with Crippen molar-refractivity contribution in [2.45, 2.75) is 19.4 Å². The second kappa shape index (κ2) is 4.02. The molecule has 2 N–H and O–H groups in total. The van der Waals surface area contributed by atoms with Gasteiger partial charge in [0.05, 0.1) is 6.07 Å². The van der Waals surface area contributed by atoms with Crippen molar-refractivity contribution in [3.05, 3.63) is 22.9 Å². The van der Waals surface area contributed by atoms with E-state index in [1.165, 1.54) is 4.40 Å². The van der Waals surface area contributed by atoms with E-state index < -0.39 is 5.69 Å². The number of aryl methyl sites for hydroxylation is 1. The van der Waals surface area contributed by atoms with Crippen molar-refractivity contribution in [3.8, 4) is 6.07 Å². The van der Waals surface area contributed by atoms with E-state index in [2.05, 4.69) is 16.0 Å². The summed E-state index contributed by atoms with van der Waals surface area (Å²) in [6, 6.07) is 2.06. The highest BCUT2D eigenvalue weighted by atomic mass is 16.1. The van der Waals surface area contributed by atoms with Gasteiger partial charge in [-0.1, -0.05) is 0 Å². The second-order valence-electron chi connectivity index (χ2n) is 3.29. The van der Waals surface area contributed by atoms with Crippen LogP contribution in [0, 0.1) is 11.3 Å². The van der Waals surface area contributed by atoms with E-state index in [0.29, 0.717) is 25.2 Å². The predicted molar refractivity (Wildman–Crippen MR) is 56.5 cm³/mol. The summed E-state index contributed by atoms with van der Waals surface area (Å²) in [6.07, 6.45) is 4.49. The van der Waals surface area contributed by atoms with Crippen LogP contribution < -0.4 is 11.4 Å². The van der Waals surface area contributed by atoms with Crippen molar-refractivity contribution in [1.29, 1.82) is 5.26 Å². The van der Waals surface area contributed by atoms with Crippen LogP contribution in [0.25, 0.3) is 5.78 Å². The van der Waals surface area contributed by atoms with E-state index in [0.717, 1.165) is 0 Å². The molecule has 2 aromatic heterocycles. The summed E-state index contributed by atoms with van der Waals surface area (Å²) in [5.74, 6) is 0.417. The van der Waals surface area contributed by atoms with Crippen molar-refractivity contribution in [3.63, 3.8) is 0 Å². The van der Waals surface area contributed by atoms with Crippen molar-refractivity contribution in [2.24, 2.45) is 0 Å². The molecule has 0 spiro atoms. The fraction of sp³-hybridized carbons (Fsp3) is 0.333. The summed E-state index contributed by atoms with van der Waals surface area (Å²) in [7, 11) is 0. The largest absolute Gasteiger partial charge is 0.368 e.